The van der Waals surface area contributed by atoms with Crippen molar-refractivity contribution in [3.05, 3.63) is 36.4 Å². The molecule has 5 nitrogen and oxygen atoms in total. The van der Waals surface area contributed by atoms with Crippen LogP contribution in [0.1, 0.15) is 12.7 Å². The van der Waals surface area contributed by atoms with Crippen LogP contribution in [-0.4, -0.2) is 24.4 Å². The zero-order valence-corrected chi connectivity index (χ0v) is 9.83. The highest BCUT2D eigenvalue weighted by Crippen LogP contribution is 2.19. The molecule has 0 radical (unpaired) electrons. The quantitative estimate of drug-likeness (QED) is 0.672. The molecule has 0 aliphatic carbocycles. The Hall–Kier alpha value is -2.17. The van der Waals surface area contributed by atoms with Crippen molar-refractivity contribution >= 4 is 5.52 Å². The summed E-state index contributed by atoms with van der Waals surface area (Å²) in [5, 5.41) is 8.53. The second-order valence-electron chi connectivity index (χ2n) is 3.91. The first-order valence-corrected chi connectivity index (χ1v) is 5.63. The fraction of sp³-hybridized carbons (Fsp3) is 0.250. The van der Waals surface area contributed by atoms with Gasteiger partial charge in [-0.2, -0.15) is 10.2 Å². The third-order valence-electron chi connectivity index (χ3n) is 2.73. The Labute approximate surface area is 98.7 Å². The van der Waals surface area contributed by atoms with Gasteiger partial charge < -0.3 is 0 Å². The van der Waals surface area contributed by atoms with Crippen molar-refractivity contribution in [2.45, 2.75) is 20.4 Å². The third kappa shape index (κ3) is 1.60. The van der Waals surface area contributed by atoms with Gasteiger partial charge in [0.05, 0.1) is 5.52 Å². The fourth-order valence-electron chi connectivity index (χ4n) is 1.95. The van der Waals surface area contributed by atoms with Gasteiger partial charge in [-0.25, -0.2) is 14.2 Å². The molecule has 0 fully saturated rings. The topological polar surface area (TPSA) is 48.0 Å². The Morgan fingerprint density at radius 1 is 1.29 bits per heavy atom. The van der Waals surface area contributed by atoms with E-state index >= 15 is 0 Å². The second-order valence-corrected chi connectivity index (χ2v) is 3.91. The van der Waals surface area contributed by atoms with Gasteiger partial charge >= 0.3 is 0 Å². The average Bonchev–Trinajstić information content (AvgIpc) is 2.93. The lowest BCUT2D eigenvalue weighted by atomic mass is 10.2. The van der Waals surface area contributed by atoms with Gasteiger partial charge in [-0.15, -0.1) is 0 Å². The monoisotopic (exact) mass is 227 g/mol. The van der Waals surface area contributed by atoms with E-state index in [0.717, 1.165) is 29.3 Å². The van der Waals surface area contributed by atoms with E-state index in [-0.39, 0.29) is 0 Å². The standard InChI is InChI=1S/C12H13N5/c1-3-16-12(14-9(2)15-16)10-5-7-17-11(8-10)4-6-13-17/h4-8H,3H2,1-2H3. The zero-order chi connectivity index (χ0) is 11.8. The van der Waals surface area contributed by atoms with Crippen LogP contribution in [0.2, 0.25) is 0 Å². The number of hydrogen-bond acceptors (Lipinski definition) is 3. The zero-order valence-electron chi connectivity index (χ0n) is 9.83. The summed E-state index contributed by atoms with van der Waals surface area (Å²) in [7, 11) is 0. The molecular weight excluding hydrogens is 214 g/mol. The van der Waals surface area contributed by atoms with Crippen molar-refractivity contribution < 1.29 is 0 Å². The molecule has 0 bridgehead atoms. The van der Waals surface area contributed by atoms with Gasteiger partial charge in [-0.3, -0.25) is 0 Å². The number of aromatic nitrogens is 5. The molecule has 0 aliphatic rings. The molecule has 0 saturated carbocycles. The first-order valence-electron chi connectivity index (χ1n) is 5.63. The maximum absolute atomic E-state index is 4.47. The Bertz CT molecular complexity index is 664. The molecule has 0 aliphatic heterocycles. The summed E-state index contributed by atoms with van der Waals surface area (Å²) < 4.78 is 3.75. The number of pyridine rings is 1. The molecule has 3 rings (SSSR count). The van der Waals surface area contributed by atoms with Gasteiger partial charge in [-0.1, -0.05) is 0 Å². The van der Waals surface area contributed by atoms with Gasteiger partial charge in [0.2, 0.25) is 0 Å². The average molecular weight is 227 g/mol. The van der Waals surface area contributed by atoms with E-state index < -0.39 is 0 Å². The molecule has 0 aromatic carbocycles. The first kappa shape index (κ1) is 10.0. The highest BCUT2D eigenvalue weighted by Gasteiger charge is 2.09. The van der Waals surface area contributed by atoms with Crippen LogP contribution in [0.5, 0.6) is 0 Å². The number of fused-ring (bicyclic) bond motifs is 1. The number of nitrogens with zero attached hydrogens (tertiary/aromatic N) is 5. The van der Waals surface area contributed by atoms with Crippen molar-refractivity contribution in [2.24, 2.45) is 0 Å². The van der Waals surface area contributed by atoms with Crippen LogP contribution in [0.4, 0.5) is 0 Å². The van der Waals surface area contributed by atoms with E-state index in [9.17, 15) is 0 Å². The van der Waals surface area contributed by atoms with E-state index in [0.29, 0.717) is 0 Å². The van der Waals surface area contributed by atoms with Crippen molar-refractivity contribution in [3.63, 3.8) is 0 Å². The van der Waals surface area contributed by atoms with Crippen LogP contribution in [-0.2, 0) is 6.54 Å². The lowest BCUT2D eigenvalue weighted by Gasteiger charge is -2.03. The summed E-state index contributed by atoms with van der Waals surface area (Å²) in [4.78, 5) is 4.47. The molecule has 0 spiro atoms. The van der Waals surface area contributed by atoms with Crippen LogP contribution >= 0.6 is 0 Å². The fourth-order valence-corrected chi connectivity index (χ4v) is 1.95. The van der Waals surface area contributed by atoms with Crippen molar-refractivity contribution in [1.82, 2.24) is 24.4 Å². The minimum atomic E-state index is 0.801. The molecule has 5 heteroatoms. The minimum absolute atomic E-state index is 0.801. The lowest BCUT2D eigenvalue weighted by molar-refractivity contribution is 0.660. The molecule has 0 unspecified atom stereocenters. The van der Waals surface area contributed by atoms with Crippen molar-refractivity contribution in [1.29, 1.82) is 0 Å². The highest BCUT2D eigenvalue weighted by molar-refractivity contribution is 5.63. The summed E-state index contributed by atoms with van der Waals surface area (Å²) in [6.45, 7) is 4.79. The summed E-state index contributed by atoms with van der Waals surface area (Å²) in [5.74, 6) is 1.71. The SMILES string of the molecule is CCn1nc(C)nc1-c1ccn2nccc2c1. The van der Waals surface area contributed by atoms with Crippen molar-refractivity contribution in [3.8, 4) is 11.4 Å². The molecule has 3 aromatic heterocycles. The van der Waals surface area contributed by atoms with Crippen LogP contribution < -0.4 is 0 Å². The predicted molar refractivity (Wildman–Crippen MR) is 64.6 cm³/mol. The first-order chi connectivity index (χ1) is 8.28. The molecule has 3 heterocycles. The normalized spacial score (nSPS) is 11.2. The van der Waals surface area contributed by atoms with Crippen LogP contribution in [0.3, 0.4) is 0 Å². The molecule has 3 aromatic rings. The lowest BCUT2D eigenvalue weighted by Crippen LogP contribution is -2.00. The van der Waals surface area contributed by atoms with Crippen LogP contribution in [0, 0.1) is 6.92 Å². The van der Waals surface area contributed by atoms with E-state index in [4.69, 9.17) is 0 Å². The van der Waals surface area contributed by atoms with Crippen molar-refractivity contribution in [2.75, 3.05) is 0 Å². The Balaban J connectivity index is 2.18. The Kier molecular flexibility index (Phi) is 2.18. The molecule has 0 amide bonds. The predicted octanol–water partition coefficient (Wildman–Crippen LogP) is 1.92. The van der Waals surface area contributed by atoms with E-state index in [1.165, 1.54) is 0 Å². The maximum Gasteiger partial charge on any atom is 0.158 e. The molecule has 0 atom stereocenters. The van der Waals surface area contributed by atoms with Crippen LogP contribution in [0.25, 0.3) is 16.9 Å². The number of rotatable bonds is 2. The van der Waals surface area contributed by atoms with Gasteiger partial charge in [0.15, 0.2) is 5.82 Å². The van der Waals surface area contributed by atoms with Gasteiger partial charge in [0, 0.05) is 24.5 Å². The van der Waals surface area contributed by atoms with E-state index in [2.05, 4.69) is 28.2 Å². The van der Waals surface area contributed by atoms with Gasteiger partial charge in [0.1, 0.15) is 5.82 Å². The number of aryl methyl sites for hydroxylation is 2. The molecule has 0 saturated heterocycles. The van der Waals surface area contributed by atoms with Gasteiger partial charge in [-0.05, 0) is 32.0 Å². The third-order valence-corrected chi connectivity index (χ3v) is 2.73. The Morgan fingerprint density at radius 2 is 2.18 bits per heavy atom. The van der Waals surface area contributed by atoms with Gasteiger partial charge in [0.25, 0.3) is 0 Å². The largest absolute Gasteiger partial charge is 0.246 e. The van der Waals surface area contributed by atoms with Crippen LogP contribution in [0.15, 0.2) is 30.6 Å². The number of hydrogen-bond donors (Lipinski definition) is 0. The summed E-state index contributed by atoms with van der Waals surface area (Å²) in [6.07, 6.45) is 3.73. The molecule has 0 N–H and O–H groups in total. The van der Waals surface area contributed by atoms with E-state index in [1.54, 1.807) is 6.20 Å². The highest BCUT2D eigenvalue weighted by atomic mass is 15.3. The summed E-state index contributed by atoms with van der Waals surface area (Å²) in [5.41, 5.74) is 2.13. The molecule has 17 heavy (non-hydrogen) atoms. The van der Waals surface area contributed by atoms with E-state index in [1.807, 2.05) is 34.5 Å². The molecule has 86 valence electrons. The summed E-state index contributed by atoms with van der Waals surface area (Å²) >= 11 is 0. The molecular formula is C12H13N5. The smallest absolute Gasteiger partial charge is 0.158 e. The summed E-state index contributed by atoms with van der Waals surface area (Å²) in [6, 6.07) is 6.06. The Morgan fingerprint density at radius 3 is 3.00 bits per heavy atom. The second kappa shape index (κ2) is 3.69. The maximum atomic E-state index is 4.47. The minimum Gasteiger partial charge on any atom is -0.246 e.